The highest BCUT2D eigenvalue weighted by Gasteiger charge is 2.17. The first kappa shape index (κ1) is 8.34. The normalized spacial score (nSPS) is 34.8. The summed E-state index contributed by atoms with van der Waals surface area (Å²) in [7, 11) is 0. The molecule has 1 aliphatic heterocycles. The van der Waals surface area contributed by atoms with Crippen LogP contribution in [0.3, 0.4) is 0 Å². The van der Waals surface area contributed by atoms with Crippen molar-refractivity contribution in [3.8, 4) is 0 Å². The Labute approximate surface area is 60.1 Å². The maximum Gasteiger partial charge on any atom is 0.0413 e. The molecule has 0 aliphatic carbocycles. The molecule has 0 saturated heterocycles. The summed E-state index contributed by atoms with van der Waals surface area (Å²) in [5.74, 6) is 1.03. The summed E-state index contributed by atoms with van der Waals surface area (Å²) in [6, 6.07) is 0. The molecular formula is C5H10ClNS. The van der Waals surface area contributed by atoms with Crippen molar-refractivity contribution in [2.24, 2.45) is 5.73 Å². The second-order valence-corrected chi connectivity index (χ2v) is 3.01. The van der Waals surface area contributed by atoms with Crippen molar-refractivity contribution in [3.63, 3.8) is 0 Å². The monoisotopic (exact) mass is 151 g/mol. The molecule has 1 rings (SSSR count). The molecule has 0 aromatic heterocycles. The first-order chi connectivity index (χ1) is 3.21. The van der Waals surface area contributed by atoms with Gasteiger partial charge in [-0.1, -0.05) is 6.08 Å². The molecule has 0 aromatic carbocycles. The van der Waals surface area contributed by atoms with E-state index in [2.05, 4.69) is 5.41 Å². The predicted octanol–water partition coefficient (Wildman–Crippen LogP) is 1.39. The van der Waals surface area contributed by atoms with Gasteiger partial charge in [0, 0.05) is 11.3 Å². The summed E-state index contributed by atoms with van der Waals surface area (Å²) < 4.78 is 0. The molecule has 0 saturated carbocycles. The largest absolute Gasteiger partial charge is 0.321 e. The quantitative estimate of drug-likeness (QED) is 0.566. The first-order valence-electron chi connectivity index (χ1n) is 2.29. The average Bonchev–Trinajstić information content (AvgIpc) is 1.84. The van der Waals surface area contributed by atoms with Crippen LogP contribution in [0, 0.1) is 0 Å². The minimum Gasteiger partial charge on any atom is -0.321 e. The molecule has 0 fully saturated rings. The molecule has 1 heterocycles. The molecular weight excluding hydrogens is 142 g/mol. The number of hydrogen-bond acceptors (Lipinski definition) is 2. The number of nitrogens with two attached hydrogens (primary N) is 1. The fourth-order valence-corrected chi connectivity index (χ4v) is 1.44. The van der Waals surface area contributed by atoms with Crippen LogP contribution in [-0.4, -0.2) is 11.3 Å². The van der Waals surface area contributed by atoms with Crippen LogP contribution in [0.25, 0.3) is 0 Å². The van der Waals surface area contributed by atoms with E-state index in [1.54, 1.807) is 11.8 Å². The SMILES string of the molecule is CC1(N)C=CSC1.Cl. The number of hydrogen-bond donors (Lipinski definition) is 1. The van der Waals surface area contributed by atoms with E-state index in [1.165, 1.54) is 0 Å². The Balaban J connectivity index is 0.000000490. The predicted molar refractivity (Wildman–Crippen MR) is 41.4 cm³/mol. The first-order valence-corrected chi connectivity index (χ1v) is 3.34. The van der Waals surface area contributed by atoms with Crippen LogP contribution < -0.4 is 5.73 Å². The van der Waals surface area contributed by atoms with Crippen LogP contribution >= 0.6 is 24.2 Å². The fourth-order valence-electron chi connectivity index (χ4n) is 0.479. The van der Waals surface area contributed by atoms with E-state index < -0.39 is 0 Å². The van der Waals surface area contributed by atoms with E-state index in [0.717, 1.165) is 5.75 Å². The molecule has 0 radical (unpaired) electrons. The summed E-state index contributed by atoms with van der Waals surface area (Å²) >= 11 is 1.78. The Bertz CT molecular complexity index is 101. The van der Waals surface area contributed by atoms with Gasteiger partial charge in [-0.3, -0.25) is 0 Å². The van der Waals surface area contributed by atoms with Crippen LogP contribution in [0.1, 0.15) is 6.92 Å². The number of rotatable bonds is 0. The molecule has 1 atom stereocenters. The van der Waals surface area contributed by atoms with Gasteiger partial charge < -0.3 is 5.73 Å². The Morgan fingerprint density at radius 1 is 1.75 bits per heavy atom. The molecule has 0 spiro atoms. The molecule has 1 nitrogen and oxygen atoms in total. The van der Waals surface area contributed by atoms with E-state index in [4.69, 9.17) is 5.73 Å². The average molecular weight is 152 g/mol. The molecule has 2 N–H and O–H groups in total. The third-order valence-electron chi connectivity index (χ3n) is 0.939. The van der Waals surface area contributed by atoms with Gasteiger partial charge >= 0.3 is 0 Å². The van der Waals surface area contributed by atoms with Crippen LogP contribution in [0.2, 0.25) is 0 Å². The molecule has 0 amide bonds. The van der Waals surface area contributed by atoms with Crippen molar-refractivity contribution in [1.29, 1.82) is 0 Å². The van der Waals surface area contributed by atoms with E-state index in [-0.39, 0.29) is 17.9 Å². The Kier molecular flexibility index (Phi) is 2.88. The van der Waals surface area contributed by atoms with Gasteiger partial charge in [-0.2, -0.15) is 0 Å². The number of thioether (sulfide) groups is 1. The van der Waals surface area contributed by atoms with Gasteiger partial charge in [0.2, 0.25) is 0 Å². The van der Waals surface area contributed by atoms with Crippen molar-refractivity contribution < 1.29 is 0 Å². The second-order valence-electron chi connectivity index (χ2n) is 2.12. The maximum atomic E-state index is 5.67. The van der Waals surface area contributed by atoms with Gasteiger partial charge in [-0.15, -0.1) is 24.2 Å². The molecule has 0 bridgehead atoms. The Hall–Kier alpha value is 0.340. The summed E-state index contributed by atoms with van der Waals surface area (Å²) in [5.41, 5.74) is 5.65. The van der Waals surface area contributed by atoms with Gasteiger partial charge in [0.25, 0.3) is 0 Å². The minimum atomic E-state index is -0.0231. The molecule has 0 aromatic rings. The lowest BCUT2D eigenvalue weighted by Gasteiger charge is -2.11. The fraction of sp³-hybridized carbons (Fsp3) is 0.600. The van der Waals surface area contributed by atoms with Crippen molar-refractivity contribution in [1.82, 2.24) is 0 Å². The zero-order valence-electron chi connectivity index (χ0n) is 4.76. The standard InChI is InChI=1S/C5H9NS.ClH/c1-5(6)2-3-7-4-5;/h2-3H,4,6H2,1H3;1H. The lowest BCUT2D eigenvalue weighted by molar-refractivity contribution is 0.675. The topological polar surface area (TPSA) is 26.0 Å². The van der Waals surface area contributed by atoms with Crippen LogP contribution in [0.5, 0.6) is 0 Å². The Morgan fingerprint density at radius 2 is 2.38 bits per heavy atom. The van der Waals surface area contributed by atoms with Gasteiger partial charge in [-0.05, 0) is 12.3 Å². The summed E-state index contributed by atoms with van der Waals surface area (Å²) in [6.07, 6.45) is 2.04. The second kappa shape index (κ2) is 2.76. The summed E-state index contributed by atoms with van der Waals surface area (Å²) in [5, 5.41) is 2.06. The smallest absolute Gasteiger partial charge is 0.0413 e. The lowest BCUT2D eigenvalue weighted by Crippen LogP contribution is -2.33. The van der Waals surface area contributed by atoms with E-state index in [9.17, 15) is 0 Å². The van der Waals surface area contributed by atoms with Crippen molar-refractivity contribution in [3.05, 3.63) is 11.5 Å². The molecule has 1 unspecified atom stereocenters. The zero-order valence-corrected chi connectivity index (χ0v) is 6.39. The van der Waals surface area contributed by atoms with Crippen LogP contribution in [-0.2, 0) is 0 Å². The van der Waals surface area contributed by atoms with Crippen molar-refractivity contribution in [2.45, 2.75) is 12.5 Å². The van der Waals surface area contributed by atoms with Crippen molar-refractivity contribution >= 4 is 24.2 Å². The van der Waals surface area contributed by atoms with Gasteiger partial charge in [0.1, 0.15) is 0 Å². The van der Waals surface area contributed by atoms with Crippen LogP contribution in [0.15, 0.2) is 11.5 Å². The lowest BCUT2D eigenvalue weighted by atomic mass is 10.1. The molecule has 48 valence electrons. The van der Waals surface area contributed by atoms with Gasteiger partial charge in [0.05, 0.1) is 0 Å². The van der Waals surface area contributed by atoms with Crippen LogP contribution in [0.4, 0.5) is 0 Å². The van der Waals surface area contributed by atoms with E-state index in [0.29, 0.717) is 0 Å². The van der Waals surface area contributed by atoms with Gasteiger partial charge in [-0.25, -0.2) is 0 Å². The third-order valence-corrected chi connectivity index (χ3v) is 2.06. The zero-order chi connectivity index (χ0) is 5.33. The highest BCUT2D eigenvalue weighted by atomic mass is 35.5. The van der Waals surface area contributed by atoms with Gasteiger partial charge in [0.15, 0.2) is 0 Å². The molecule has 3 heteroatoms. The highest BCUT2D eigenvalue weighted by Crippen LogP contribution is 2.20. The third kappa shape index (κ3) is 2.07. The number of halogens is 1. The minimum absolute atomic E-state index is 0. The maximum absolute atomic E-state index is 5.67. The molecule has 8 heavy (non-hydrogen) atoms. The summed E-state index contributed by atoms with van der Waals surface area (Å²) in [4.78, 5) is 0. The van der Waals surface area contributed by atoms with E-state index in [1.807, 2.05) is 13.0 Å². The van der Waals surface area contributed by atoms with E-state index >= 15 is 0 Å². The summed E-state index contributed by atoms with van der Waals surface area (Å²) in [6.45, 7) is 2.03. The highest BCUT2D eigenvalue weighted by molar-refractivity contribution is 8.02. The Morgan fingerprint density at radius 3 is 2.50 bits per heavy atom. The molecule has 1 aliphatic rings. The van der Waals surface area contributed by atoms with Crippen molar-refractivity contribution in [2.75, 3.05) is 5.75 Å².